The predicted molar refractivity (Wildman–Crippen MR) is 105 cm³/mol. The Morgan fingerprint density at radius 1 is 1.24 bits per heavy atom. The Morgan fingerprint density at radius 3 is 2.60 bits per heavy atom. The Hall–Kier alpha value is -2.33. The van der Waals surface area contributed by atoms with E-state index in [4.69, 9.17) is 4.74 Å². The number of hydrogen-bond donors (Lipinski definition) is 1. The molecule has 2 aromatic rings. The van der Waals surface area contributed by atoms with Crippen LogP contribution < -0.4 is 10.2 Å². The van der Waals surface area contributed by atoms with Crippen molar-refractivity contribution >= 4 is 10.9 Å². The molecular formula is C21H28N2O2. The summed E-state index contributed by atoms with van der Waals surface area (Å²) in [7, 11) is 0. The number of hydrogen-bond acceptors (Lipinski definition) is 3. The van der Waals surface area contributed by atoms with Crippen LogP contribution in [0.5, 0.6) is 5.75 Å². The molecule has 134 valence electrons. The molecule has 0 unspecified atom stereocenters. The molecule has 0 spiro atoms. The second kappa shape index (κ2) is 9.23. The number of fused-ring (bicyclic) bond motifs is 1. The summed E-state index contributed by atoms with van der Waals surface area (Å²) in [5.41, 5.74) is 2.58. The van der Waals surface area contributed by atoms with E-state index in [1.165, 1.54) is 0 Å². The molecule has 0 saturated carbocycles. The van der Waals surface area contributed by atoms with Gasteiger partial charge in [0.1, 0.15) is 5.75 Å². The van der Waals surface area contributed by atoms with E-state index >= 15 is 0 Å². The number of aromatic nitrogens is 1. The van der Waals surface area contributed by atoms with Crippen LogP contribution in [-0.2, 0) is 6.54 Å². The number of aryl methyl sites for hydroxylation is 1. The van der Waals surface area contributed by atoms with Crippen molar-refractivity contribution in [1.82, 2.24) is 9.88 Å². The maximum absolute atomic E-state index is 13.0. The molecule has 0 aliphatic rings. The van der Waals surface area contributed by atoms with Crippen molar-refractivity contribution in [3.05, 3.63) is 65.0 Å². The van der Waals surface area contributed by atoms with E-state index in [0.29, 0.717) is 31.6 Å². The molecule has 1 heterocycles. The van der Waals surface area contributed by atoms with E-state index in [-0.39, 0.29) is 5.43 Å². The predicted octanol–water partition coefficient (Wildman–Crippen LogP) is 4.19. The molecule has 4 heteroatoms. The molecule has 1 N–H and O–H groups in total. The second-order valence-corrected chi connectivity index (χ2v) is 6.24. The first-order chi connectivity index (χ1) is 12.1. The smallest absolute Gasteiger partial charge is 0.194 e. The minimum atomic E-state index is 0.0605. The first-order valence-corrected chi connectivity index (χ1v) is 8.83. The monoisotopic (exact) mass is 340 g/mol. The van der Waals surface area contributed by atoms with Crippen molar-refractivity contribution in [2.75, 3.05) is 19.7 Å². The molecule has 0 aliphatic heterocycles. The highest BCUT2D eigenvalue weighted by Crippen LogP contribution is 2.19. The highest BCUT2D eigenvalue weighted by Gasteiger charge is 2.13. The summed E-state index contributed by atoms with van der Waals surface area (Å²) >= 11 is 0. The number of pyridine rings is 1. The molecule has 0 radical (unpaired) electrons. The van der Waals surface area contributed by atoms with Crippen molar-refractivity contribution in [3.8, 4) is 5.75 Å². The molecule has 0 fully saturated rings. The third kappa shape index (κ3) is 4.83. The first kappa shape index (κ1) is 19.0. The minimum Gasteiger partial charge on any atom is -0.494 e. The molecule has 1 aromatic heterocycles. The van der Waals surface area contributed by atoms with E-state index in [2.05, 4.69) is 30.0 Å². The Bertz CT molecular complexity index is 782. The summed E-state index contributed by atoms with van der Waals surface area (Å²) in [6.45, 7) is 14.3. The third-order valence-corrected chi connectivity index (χ3v) is 4.21. The highest BCUT2D eigenvalue weighted by molar-refractivity contribution is 5.81. The molecule has 0 saturated heterocycles. The van der Waals surface area contributed by atoms with Gasteiger partial charge < -0.3 is 9.72 Å². The lowest BCUT2D eigenvalue weighted by molar-refractivity contribution is 0.309. The van der Waals surface area contributed by atoms with Crippen molar-refractivity contribution in [2.24, 2.45) is 0 Å². The fourth-order valence-corrected chi connectivity index (χ4v) is 2.84. The zero-order valence-electron chi connectivity index (χ0n) is 15.3. The maximum Gasteiger partial charge on any atom is 0.194 e. The summed E-state index contributed by atoms with van der Waals surface area (Å²) in [6.07, 6.45) is 5.77. The summed E-state index contributed by atoms with van der Waals surface area (Å²) in [6, 6.07) is 5.67. The summed E-state index contributed by atoms with van der Waals surface area (Å²) in [5.74, 6) is 0.746. The molecule has 25 heavy (non-hydrogen) atoms. The third-order valence-electron chi connectivity index (χ3n) is 4.21. The van der Waals surface area contributed by atoms with E-state index in [1.54, 1.807) is 0 Å². The average Bonchev–Trinajstić information content (AvgIpc) is 2.59. The molecule has 1 aromatic carbocycles. The lowest BCUT2D eigenvalue weighted by Gasteiger charge is -2.20. The van der Waals surface area contributed by atoms with Crippen LogP contribution in [0.2, 0.25) is 0 Å². The van der Waals surface area contributed by atoms with Crippen LogP contribution in [0.3, 0.4) is 0 Å². The van der Waals surface area contributed by atoms with E-state index in [0.717, 1.165) is 35.4 Å². The van der Waals surface area contributed by atoms with Crippen LogP contribution in [0.25, 0.3) is 10.9 Å². The van der Waals surface area contributed by atoms with Gasteiger partial charge >= 0.3 is 0 Å². The van der Waals surface area contributed by atoms with Crippen LogP contribution in [0.15, 0.2) is 48.3 Å². The second-order valence-electron chi connectivity index (χ2n) is 6.24. The van der Waals surface area contributed by atoms with Gasteiger partial charge in [-0.15, -0.1) is 13.2 Å². The zero-order valence-corrected chi connectivity index (χ0v) is 15.3. The van der Waals surface area contributed by atoms with Gasteiger partial charge in [-0.05, 0) is 31.5 Å². The lowest BCUT2D eigenvalue weighted by Crippen LogP contribution is -2.27. The van der Waals surface area contributed by atoms with Crippen molar-refractivity contribution in [3.63, 3.8) is 0 Å². The van der Waals surface area contributed by atoms with Gasteiger partial charge in [-0.25, -0.2) is 0 Å². The number of aromatic amines is 1. The molecule has 2 rings (SSSR count). The Labute approximate surface area is 149 Å². The number of rotatable bonds is 10. The molecule has 0 atom stereocenters. The average molecular weight is 340 g/mol. The zero-order chi connectivity index (χ0) is 18.2. The standard InChI is InChI=1S/C21H28N2O2/c1-5-8-13-25-17-9-10-20-18(14-17)21(24)19(16(4)22-20)15-23(11-6-2)12-7-3/h6-7,9-10,14H,2-3,5,8,11-13,15H2,1,4H3,(H,22,24). The van der Waals surface area contributed by atoms with Gasteiger partial charge in [0.15, 0.2) is 5.43 Å². The first-order valence-electron chi connectivity index (χ1n) is 8.83. The van der Waals surface area contributed by atoms with Gasteiger partial charge in [0, 0.05) is 41.8 Å². The highest BCUT2D eigenvalue weighted by atomic mass is 16.5. The van der Waals surface area contributed by atoms with Gasteiger partial charge in [0.25, 0.3) is 0 Å². The van der Waals surface area contributed by atoms with Crippen LogP contribution in [0.1, 0.15) is 31.0 Å². The van der Waals surface area contributed by atoms with Crippen molar-refractivity contribution < 1.29 is 4.74 Å². The Balaban J connectivity index is 2.37. The van der Waals surface area contributed by atoms with Crippen molar-refractivity contribution in [2.45, 2.75) is 33.2 Å². The van der Waals surface area contributed by atoms with E-state index in [9.17, 15) is 4.79 Å². The van der Waals surface area contributed by atoms with Crippen LogP contribution in [0.4, 0.5) is 0 Å². The van der Waals surface area contributed by atoms with Gasteiger partial charge in [-0.1, -0.05) is 25.5 Å². The molecule has 0 amide bonds. The van der Waals surface area contributed by atoms with Crippen LogP contribution >= 0.6 is 0 Å². The molecule has 0 bridgehead atoms. The largest absolute Gasteiger partial charge is 0.494 e. The summed E-state index contributed by atoms with van der Waals surface area (Å²) in [4.78, 5) is 18.5. The Kier molecular flexibility index (Phi) is 7.02. The van der Waals surface area contributed by atoms with Gasteiger partial charge in [-0.2, -0.15) is 0 Å². The fraction of sp³-hybridized carbons (Fsp3) is 0.381. The lowest BCUT2D eigenvalue weighted by atomic mass is 10.1. The minimum absolute atomic E-state index is 0.0605. The number of benzene rings is 1. The van der Waals surface area contributed by atoms with Gasteiger partial charge in [-0.3, -0.25) is 9.69 Å². The number of nitrogens with zero attached hydrogens (tertiary/aromatic N) is 1. The van der Waals surface area contributed by atoms with Gasteiger partial charge in [0.2, 0.25) is 0 Å². The molecule has 0 aliphatic carbocycles. The number of nitrogens with one attached hydrogen (secondary N) is 1. The molecular weight excluding hydrogens is 312 g/mol. The number of ether oxygens (including phenoxy) is 1. The van der Waals surface area contributed by atoms with Crippen molar-refractivity contribution in [1.29, 1.82) is 0 Å². The quantitative estimate of drug-likeness (QED) is 0.521. The number of unbranched alkanes of at least 4 members (excludes halogenated alkanes) is 1. The van der Waals surface area contributed by atoms with Crippen LogP contribution in [-0.4, -0.2) is 29.6 Å². The number of H-pyrrole nitrogens is 1. The van der Waals surface area contributed by atoms with Gasteiger partial charge in [0.05, 0.1) is 6.61 Å². The van der Waals surface area contributed by atoms with E-state index in [1.807, 2.05) is 37.3 Å². The topological polar surface area (TPSA) is 45.3 Å². The summed E-state index contributed by atoms with van der Waals surface area (Å²) in [5, 5.41) is 0.673. The SMILES string of the molecule is C=CCN(CC=C)Cc1c(C)[nH]c2ccc(OCCCC)cc2c1=O. The Morgan fingerprint density at radius 2 is 1.96 bits per heavy atom. The van der Waals surface area contributed by atoms with E-state index < -0.39 is 0 Å². The molecule has 4 nitrogen and oxygen atoms in total. The fourth-order valence-electron chi connectivity index (χ4n) is 2.84. The normalized spacial score (nSPS) is 11.0. The summed E-state index contributed by atoms with van der Waals surface area (Å²) < 4.78 is 5.75. The van der Waals surface area contributed by atoms with Crippen LogP contribution in [0, 0.1) is 6.92 Å². The maximum atomic E-state index is 13.0.